The van der Waals surface area contributed by atoms with E-state index >= 15 is 0 Å². The molecule has 2 rings (SSSR count). The van der Waals surface area contributed by atoms with Gasteiger partial charge in [-0.05, 0) is 36.8 Å². The zero-order valence-electron chi connectivity index (χ0n) is 15.0. The first-order chi connectivity index (χ1) is 12.1. The SMILES string of the molecule is CCNC(=NCc1ccc(NC(=O)C(C)C)cc1)NCc1ccco1. The van der Waals surface area contributed by atoms with Crippen molar-refractivity contribution in [3.05, 3.63) is 54.0 Å². The highest BCUT2D eigenvalue weighted by Crippen LogP contribution is 2.11. The molecule has 0 saturated carbocycles. The van der Waals surface area contributed by atoms with Crippen LogP contribution in [0.15, 0.2) is 52.1 Å². The number of carbonyl (C=O) groups excluding carboxylic acids is 1. The lowest BCUT2D eigenvalue weighted by atomic mass is 10.2. The molecule has 0 aliphatic rings. The van der Waals surface area contributed by atoms with Gasteiger partial charge < -0.3 is 20.4 Å². The Bertz CT molecular complexity index is 676. The van der Waals surface area contributed by atoms with Crippen molar-refractivity contribution in [1.82, 2.24) is 10.6 Å². The molecule has 0 bridgehead atoms. The number of furan rings is 1. The monoisotopic (exact) mass is 342 g/mol. The van der Waals surface area contributed by atoms with Crippen LogP contribution in [0.3, 0.4) is 0 Å². The van der Waals surface area contributed by atoms with E-state index in [0.29, 0.717) is 13.1 Å². The number of carbonyl (C=O) groups is 1. The van der Waals surface area contributed by atoms with Gasteiger partial charge in [0.2, 0.25) is 5.91 Å². The lowest BCUT2D eigenvalue weighted by Gasteiger charge is -2.11. The summed E-state index contributed by atoms with van der Waals surface area (Å²) in [5.74, 6) is 1.57. The summed E-state index contributed by atoms with van der Waals surface area (Å²) in [6.07, 6.45) is 1.65. The van der Waals surface area contributed by atoms with Crippen LogP contribution in [0.4, 0.5) is 5.69 Å². The van der Waals surface area contributed by atoms with Gasteiger partial charge in [-0.25, -0.2) is 4.99 Å². The molecule has 0 unspecified atom stereocenters. The standard InChI is InChI=1S/C19H26N4O2/c1-4-20-19(22-13-17-6-5-11-25-17)21-12-15-7-9-16(10-8-15)23-18(24)14(2)3/h5-11,14H,4,12-13H2,1-3H3,(H,23,24)(H2,20,21,22). The maximum Gasteiger partial charge on any atom is 0.226 e. The molecule has 0 aliphatic carbocycles. The smallest absolute Gasteiger partial charge is 0.226 e. The van der Waals surface area contributed by atoms with Crippen LogP contribution < -0.4 is 16.0 Å². The predicted molar refractivity (Wildman–Crippen MR) is 100 cm³/mol. The van der Waals surface area contributed by atoms with Crippen molar-refractivity contribution in [3.8, 4) is 0 Å². The van der Waals surface area contributed by atoms with Gasteiger partial charge in [0.05, 0.1) is 19.4 Å². The zero-order chi connectivity index (χ0) is 18.1. The molecule has 25 heavy (non-hydrogen) atoms. The number of hydrogen-bond donors (Lipinski definition) is 3. The van der Waals surface area contributed by atoms with Gasteiger partial charge in [-0.1, -0.05) is 26.0 Å². The van der Waals surface area contributed by atoms with Crippen molar-refractivity contribution in [3.63, 3.8) is 0 Å². The maximum absolute atomic E-state index is 11.7. The summed E-state index contributed by atoms with van der Waals surface area (Å²) in [5, 5.41) is 9.32. The molecule has 6 heteroatoms. The molecule has 1 heterocycles. The highest BCUT2D eigenvalue weighted by Gasteiger charge is 2.06. The first-order valence-electron chi connectivity index (χ1n) is 8.53. The molecule has 1 amide bonds. The van der Waals surface area contributed by atoms with Crippen LogP contribution in [0.1, 0.15) is 32.1 Å². The fourth-order valence-corrected chi connectivity index (χ4v) is 2.08. The van der Waals surface area contributed by atoms with Crippen molar-refractivity contribution >= 4 is 17.6 Å². The number of anilines is 1. The Morgan fingerprint density at radius 2 is 1.92 bits per heavy atom. The van der Waals surface area contributed by atoms with Crippen LogP contribution in [0.5, 0.6) is 0 Å². The van der Waals surface area contributed by atoms with Gasteiger partial charge in [0, 0.05) is 18.2 Å². The molecular formula is C19H26N4O2. The Balaban J connectivity index is 1.91. The van der Waals surface area contributed by atoms with E-state index < -0.39 is 0 Å². The van der Waals surface area contributed by atoms with E-state index in [4.69, 9.17) is 4.42 Å². The third kappa shape index (κ3) is 6.33. The van der Waals surface area contributed by atoms with Gasteiger partial charge in [-0.2, -0.15) is 0 Å². The van der Waals surface area contributed by atoms with E-state index in [-0.39, 0.29) is 11.8 Å². The third-order valence-electron chi connectivity index (χ3n) is 3.52. The van der Waals surface area contributed by atoms with Gasteiger partial charge in [-0.3, -0.25) is 4.79 Å². The Morgan fingerprint density at radius 3 is 2.52 bits per heavy atom. The zero-order valence-corrected chi connectivity index (χ0v) is 15.0. The van der Waals surface area contributed by atoms with Crippen LogP contribution >= 0.6 is 0 Å². The molecule has 2 aromatic rings. The molecule has 1 aromatic heterocycles. The molecule has 0 radical (unpaired) electrons. The highest BCUT2D eigenvalue weighted by atomic mass is 16.3. The summed E-state index contributed by atoms with van der Waals surface area (Å²) < 4.78 is 5.31. The number of benzene rings is 1. The van der Waals surface area contributed by atoms with Crippen LogP contribution in [-0.2, 0) is 17.9 Å². The van der Waals surface area contributed by atoms with Crippen LogP contribution in [0.25, 0.3) is 0 Å². The Hall–Kier alpha value is -2.76. The molecular weight excluding hydrogens is 316 g/mol. The average Bonchev–Trinajstić information content (AvgIpc) is 3.12. The van der Waals surface area contributed by atoms with E-state index in [2.05, 4.69) is 20.9 Å². The second kappa shape index (κ2) is 9.52. The summed E-state index contributed by atoms with van der Waals surface area (Å²) >= 11 is 0. The molecule has 3 N–H and O–H groups in total. The maximum atomic E-state index is 11.7. The molecule has 0 saturated heterocycles. The molecule has 6 nitrogen and oxygen atoms in total. The number of hydrogen-bond acceptors (Lipinski definition) is 3. The summed E-state index contributed by atoms with van der Waals surface area (Å²) in [6.45, 7) is 7.68. The van der Waals surface area contributed by atoms with Crippen molar-refractivity contribution in [2.24, 2.45) is 10.9 Å². The lowest BCUT2D eigenvalue weighted by molar-refractivity contribution is -0.118. The van der Waals surface area contributed by atoms with Crippen LogP contribution in [0, 0.1) is 5.92 Å². The van der Waals surface area contributed by atoms with E-state index in [1.165, 1.54) is 0 Å². The third-order valence-corrected chi connectivity index (χ3v) is 3.52. The fraction of sp³-hybridized carbons (Fsp3) is 0.368. The van der Waals surface area contributed by atoms with Crippen LogP contribution in [0.2, 0.25) is 0 Å². The molecule has 0 spiro atoms. The van der Waals surface area contributed by atoms with E-state index in [9.17, 15) is 4.79 Å². The Morgan fingerprint density at radius 1 is 1.16 bits per heavy atom. The molecule has 0 atom stereocenters. The van der Waals surface area contributed by atoms with Gasteiger partial charge >= 0.3 is 0 Å². The second-order valence-corrected chi connectivity index (χ2v) is 5.97. The second-order valence-electron chi connectivity index (χ2n) is 5.97. The predicted octanol–water partition coefficient (Wildman–Crippen LogP) is 3.13. The van der Waals surface area contributed by atoms with Crippen molar-refractivity contribution in [1.29, 1.82) is 0 Å². The van der Waals surface area contributed by atoms with Crippen LogP contribution in [-0.4, -0.2) is 18.4 Å². The fourth-order valence-electron chi connectivity index (χ4n) is 2.08. The number of nitrogens with zero attached hydrogens (tertiary/aromatic N) is 1. The largest absolute Gasteiger partial charge is 0.467 e. The van der Waals surface area contributed by atoms with E-state index in [1.54, 1.807) is 6.26 Å². The van der Waals surface area contributed by atoms with Gasteiger partial charge in [0.25, 0.3) is 0 Å². The van der Waals surface area contributed by atoms with Crippen molar-refractivity contribution in [2.45, 2.75) is 33.9 Å². The van der Waals surface area contributed by atoms with Gasteiger partial charge in [-0.15, -0.1) is 0 Å². The number of guanidine groups is 1. The first kappa shape index (κ1) is 18.6. The summed E-state index contributed by atoms with van der Waals surface area (Å²) in [7, 11) is 0. The highest BCUT2D eigenvalue weighted by molar-refractivity contribution is 5.92. The first-order valence-corrected chi connectivity index (χ1v) is 8.53. The van der Waals surface area contributed by atoms with E-state index in [0.717, 1.165) is 29.5 Å². The van der Waals surface area contributed by atoms with Gasteiger partial charge in [0.15, 0.2) is 5.96 Å². The number of nitrogens with one attached hydrogen (secondary N) is 3. The quantitative estimate of drug-likeness (QED) is 0.533. The summed E-state index contributed by atoms with van der Waals surface area (Å²) in [5.41, 5.74) is 1.87. The lowest BCUT2D eigenvalue weighted by Crippen LogP contribution is -2.36. The van der Waals surface area contributed by atoms with E-state index in [1.807, 2.05) is 57.2 Å². The normalized spacial score (nSPS) is 11.4. The van der Waals surface area contributed by atoms with Crippen molar-refractivity contribution < 1.29 is 9.21 Å². The molecule has 1 aromatic carbocycles. The Kier molecular flexibility index (Phi) is 7.07. The molecule has 0 aliphatic heterocycles. The Labute approximate surface area is 148 Å². The number of rotatable bonds is 7. The topological polar surface area (TPSA) is 78.7 Å². The minimum atomic E-state index is -0.0350. The molecule has 134 valence electrons. The minimum Gasteiger partial charge on any atom is -0.467 e. The minimum absolute atomic E-state index is 0.0160. The van der Waals surface area contributed by atoms with Gasteiger partial charge in [0.1, 0.15) is 5.76 Å². The molecule has 0 fully saturated rings. The number of aliphatic imine (C=N–C) groups is 1. The summed E-state index contributed by atoms with van der Waals surface area (Å²) in [6, 6.07) is 11.5. The summed E-state index contributed by atoms with van der Waals surface area (Å²) in [4.78, 5) is 16.3. The number of amides is 1. The average molecular weight is 342 g/mol. The van der Waals surface area contributed by atoms with Crippen molar-refractivity contribution in [2.75, 3.05) is 11.9 Å².